The van der Waals surface area contributed by atoms with Crippen LogP contribution in [0.25, 0.3) is 0 Å². The topological polar surface area (TPSA) is 67.4 Å². The molecule has 0 saturated carbocycles. The van der Waals surface area contributed by atoms with Gasteiger partial charge in [0.25, 0.3) is 0 Å². The summed E-state index contributed by atoms with van der Waals surface area (Å²) in [5.41, 5.74) is -0.0978. The molecular weight excluding hydrogens is 332 g/mol. The summed E-state index contributed by atoms with van der Waals surface area (Å²) in [7, 11) is -1.74. The fraction of sp³-hybridized carbons (Fsp3) is 0.692. The van der Waals surface area contributed by atoms with Crippen molar-refractivity contribution in [2.75, 3.05) is 33.4 Å². The summed E-state index contributed by atoms with van der Waals surface area (Å²) >= 11 is 1.30. The lowest BCUT2D eigenvalue weighted by molar-refractivity contribution is 0.0577. The fourth-order valence-corrected chi connectivity index (χ4v) is 5.00. The van der Waals surface area contributed by atoms with Crippen LogP contribution < -0.4 is 10.0 Å². The van der Waals surface area contributed by atoms with Gasteiger partial charge in [-0.1, -0.05) is 0 Å². The highest BCUT2D eigenvalue weighted by Crippen LogP contribution is 2.29. The number of nitrogens with one attached hydrogen (secondary N) is 2. The number of hydrogen-bond acceptors (Lipinski definition) is 5. The minimum Gasteiger partial charge on any atom is -0.384 e. The van der Waals surface area contributed by atoms with Gasteiger partial charge in [0.1, 0.15) is 4.21 Å². The number of rotatable bonds is 6. The van der Waals surface area contributed by atoms with E-state index in [-0.39, 0.29) is 17.8 Å². The highest BCUT2D eigenvalue weighted by Gasteiger charge is 2.33. The maximum atomic E-state index is 12.3. The Kier molecular flexibility index (Phi) is 7.09. The number of thiophene rings is 1. The van der Waals surface area contributed by atoms with E-state index in [0.29, 0.717) is 17.4 Å². The second kappa shape index (κ2) is 7.89. The lowest BCUT2D eigenvalue weighted by Gasteiger charge is -2.37. The van der Waals surface area contributed by atoms with Crippen molar-refractivity contribution >= 4 is 33.8 Å². The van der Waals surface area contributed by atoms with Crippen molar-refractivity contribution in [3.05, 3.63) is 17.0 Å². The summed E-state index contributed by atoms with van der Waals surface area (Å²) in [6.07, 6.45) is 1.85. The summed E-state index contributed by atoms with van der Waals surface area (Å²) in [6, 6.07) is 3.49. The van der Waals surface area contributed by atoms with Crippen LogP contribution in [0.3, 0.4) is 0 Å². The van der Waals surface area contributed by atoms with Crippen LogP contribution in [0.5, 0.6) is 0 Å². The van der Waals surface area contributed by atoms with Gasteiger partial charge in [-0.05, 0) is 45.0 Å². The second-order valence-corrected chi connectivity index (χ2v) is 8.65. The van der Waals surface area contributed by atoms with Crippen molar-refractivity contribution in [2.45, 2.75) is 24.0 Å². The predicted octanol–water partition coefficient (Wildman–Crippen LogP) is 1.77. The van der Waals surface area contributed by atoms with E-state index >= 15 is 0 Å². The van der Waals surface area contributed by atoms with Gasteiger partial charge in [-0.2, -0.15) is 0 Å². The van der Waals surface area contributed by atoms with Crippen molar-refractivity contribution in [3.63, 3.8) is 0 Å². The van der Waals surface area contributed by atoms with E-state index < -0.39 is 10.0 Å². The molecule has 1 saturated heterocycles. The van der Waals surface area contributed by atoms with E-state index in [4.69, 9.17) is 4.74 Å². The van der Waals surface area contributed by atoms with Crippen molar-refractivity contribution < 1.29 is 13.2 Å². The highest BCUT2D eigenvalue weighted by atomic mass is 35.5. The molecule has 0 radical (unpaired) electrons. The number of methoxy groups -OCH3 is 1. The van der Waals surface area contributed by atoms with E-state index in [2.05, 4.69) is 10.0 Å². The Balaban J connectivity index is 0.00000220. The van der Waals surface area contributed by atoms with Crippen LogP contribution in [0.1, 0.15) is 17.7 Å². The Morgan fingerprint density at radius 3 is 2.57 bits per heavy atom. The zero-order chi connectivity index (χ0) is 14.6. The molecule has 122 valence electrons. The normalized spacial score (nSPS) is 18.2. The van der Waals surface area contributed by atoms with E-state index in [1.807, 2.05) is 13.0 Å². The number of hydrogen-bond donors (Lipinski definition) is 2. The molecular formula is C13H23ClN2O3S2. The van der Waals surface area contributed by atoms with Gasteiger partial charge in [-0.25, -0.2) is 13.1 Å². The van der Waals surface area contributed by atoms with E-state index in [1.54, 1.807) is 13.2 Å². The molecule has 5 nitrogen and oxygen atoms in total. The lowest BCUT2D eigenvalue weighted by Crippen LogP contribution is -2.47. The molecule has 21 heavy (non-hydrogen) atoms. The highest BCUT2D eigenvalue weighted by molar-refractivity contribution is 7.91. The molecule has 0 aliphatic carbocycles. The van der Waals surface area contributed by atoms with Gasteiger partial charge in [0, 0.05) is 23.9 Å². The average Bonchev–Trinajstić information content (AvgIpc) is 2.86. The molecule has 0 bridgehead atoms. The van der Waals surface area contributed by atoms with Gasteiger partial charge in [0.15, 0.2) is 0 Å². The number of halogens is 1. The van der Waals surface area contributed by atoms with Crippen LogP contribution in [-0.4, -0.2) is 41.8 Å². The van der Waals surface area contributed by atoms with Crippen LogP contribution in [0.15, 0.2) is 16.3 Å². The SMILES string of the molecule is COCC1(CNS(=O)(=O)c2ccc(C)s2)CCNCC1.Cl. The van der Waals surface area contributed by atoms with E-state index in [1.165, 1.54) is 11.3 Å². The quantitative estimate of drug-likeness (QED) is 0.817. The van der Waals surface area contributed by atoms with Gasteiger partial charge in [-0.15, -0.1) is 23.7 Å². The number of aryl methyl sites for hydroxylation is 1. The summed E-state index contributed by atoms with van der Waals surface area (Å²) in [5.74, 6) is 0. The second-order valence-electron chi connectivity index (χ2n) is 5.37. The molecule has 0 aromatic carbocycles. The van der Waals surface area contributed by atoms with Gasteiger partial charge in [-0.3, -0.25) is 0 Å². The van der Waals surface area contributed by atoms with Crippen molar-refractivity contribution in [1.82, 2.24) is 10.0 Å². The molecule has 2 heterocycles. The summed E-state index contributed by atoms with van der Waals surface area (Å²) in [4.78, 5) is 0.999. The summed E-state index contributed by atoms with van der Waals surface area (Å²) in [5, 5.41) is 3.30. The molecule has 0 unspecified atom stereocenters. The third-order valence-corrected chi connectivity index (χ3v) is 6.63. The molecule has 1 aromatic rings. The Morgan fingerprint density at radius 2 is 2.05 bits per heavy atom. The minimum atomic E-state index is -3.40. The van der Waals surface area contributed by atoms with Gasteiger partial charge in [0.05, 0.1) is 6.61 Å². The van der Waals surface area contributed by atoms with Crippen molar-refractivity contribution in [3.8, 4) is 0 Å². The molecule has 8 heteroatoms. The number of ether oxygens (including phenoxy) is 1. The third kappa shape index (κ3) is 4.91. The Morgan fingerprint density at radius 1 is 1.38 bits per heavy atom. The molecule has 1 aliphatic heterocycles. The fourth-order valence-electron chi connectivity index (χ4n) is 2.51. The average molecular weight is 355 g/mol. The summed E-state index contributed by atoms with van der Waals surface area (Å²) in [6.45, 7) is 4.73. The Labute approximate surface area is 136 Å². The van der Waals surface area contributed by atoms with E-state index in [0.717, 1.165) is 30.8 Å². The first-order valence-corrected chi connectivity index (χ1v) is 9.03. The molecule has 2 rings (SSSR count). The standard InChI is InChI=1S/C13H22N2O3S2.ClH/c1-11-3-4-12(19-11)20(16,17)15-9-13(10-18-2)5-7-14-8-6-13;/h3-4,14-15H,5-10H2,1-2H3;1H. The zero-order valence-electron chi connectivity index (χ0n) is 12.3. The van der Waals surface area contributed by atoms with Gasteiger partial charge < -0.3 is 10.1 Å². The maximum absolute atomic E-state index is 12.3. The first kappa shape index (κ1) is 18.9. The first-order chi connectivity index (χ1) is 9.47. The van der Waals surface area contributed by atoms with Gasteiger partial charge >= 0.3 is 0 Å². The summed E-state index contributed by atoms with van der Waals surface area (Å²) < 4.78 is 33.0. The van der Waals surface area contributed by atoms with Crippen molar-refractivity contribution in [2.24, 2.45) is 5.41 Å². The van der Waals surface area contributed by atoms with Crippen LogP contribution in [0.4, 0.5) is 0 Å². The van der Waals surface area contributed by atoms with Crippen LogP contribution in [0, 0.1) is 12.3 Å². The largest absolute Gasteiger partial charge is 0.384 e. The smallest absolute Gasteiger partial charge is 0.250 e. The molecule has 0 atom stereocenters. The minimum absolute atomic E-state index is 0. The van der Waals surface area contributed by atoms with Crippen LogP contribution in [0.2, 0.25) is 0 Å². The zero-order valence-corrected chi connectivity index (χ0v) is 14.8. The van der Waals surface area contributed by atoms with Crippen LogP contribution in [-0.2, 0) is 14.8 Å². The molecule has 0 amide bonds. The maximum Gasteiger partial charge on any atom is 0.250 e. The van der Waals surface area contributed by atoms with Crippen molar-refractivity contribution in [1.29, 1.82) is 0 Å². The molecule has 0 spiro atoms. The van der Waals surface area contributed by atoms with Gasteiger partial charge in [0.2, 0.25) is 10.0 Å². The van der Waals surface area contributed by atoms with Crippen LogP contribution >= 0.6 is 23.7 Å². The Hall–Kier alpha value is -0.180. The number of sulfonamides is 1. The molecule has 1 fully saturated rings. The number of piperidine rings is 1. The molecule has 1 aliphatic rings. The predicted molar refractivity (Wildman–Crippen MR) is 87.9 cm³/mol. The molecule has 1 aromatic heterocycles. The third-order valence-electron chi connectivity index (χ3n) is 3.73. The molecule has 2 N–H and O–H groups in total. The Bertz CT molecular complexity index is 534. The lowest BCUT2D eigenvalue weighted by atomic mass is 9.80. The first-order valence-electron chi connectivity index (χ1n) is 6.73. The van der Waals surface area contributed by atoms with E-state index in [9.17, 15) is 8.42 Å². The monoisotopic (exact) mass is 354 g/mol.